The van der Waals surface area contributed by atoms with Gasteiger partial charge < -0.3 is 33.8 Å². The zero-order valence-electron chi connectivity index (χ0n) is 60.7. The summed E-state index contributed by atoms with van der Waals surface area (Å²) in [5.41, 5.74) is 0. The molecule has 0 aliphatic carbocycles. The molecule has 0 radical (unpaired) electrons. The molecule has 0 amide bonds. The van der Waals surface area contributed by atoms with Crippen LogP contribution in [0, 0.1) is 0 Å². The lowest BCUT2D eigenvalue weighted by Gasteiger charge is -2.21. The van der Waals surface area contributed by atoms with E-state index in [9.17, 15) is 43.2 Å². The van der Waals surface area contributed by atoms with Crippen molar-refractivity contribution in [2.24, 2.45) is 0 Å². The van der Waals surface area contributed by atoms with Crippen LogP contribution in [0.5, 0.6) is 0 Å². The van der Waals surface area contributed by atoms with Crippen molar-refractivity contribution in [2.45, 2.75) is 406 Å². The van der Waals surface area contributed by atoms with Gasteiger partial charge in [0.1, 0.15) is 19.3 Å². The molecule has 0 aromatic heterocycles. The number of phosphoric acid groups is 2. The number of allylic oxidation sites excluding steroid dienone is 2. The molecule has 0 rings (SSSR count). The smallest absolute Gasteiger partial charge is 0.462 e. The van der Waals surface area contributed by atoms with Gasteiger partial charge in [-0.25, -0.2) is 9.13 Å². The Kier molecular flexibility index (Phi) is 67.7. The second-order valence-corrected chi connectivity index (χ2v) is 29.6. The highest BCUT2D eigenvalue weighted by molar-refractivity contribution is 7.47. The molecule has 0 aromatic carbocycles. The molecule has 2 unspecified atom stereocenters. The predicted octanol–water partition coefficient (Wildman–Crippen LogP) is 22.0. The summed E-state index contributed by atoms with van der Waals surface area (Å²) in [5.74, 6) is -2.13. The SMILES string of the molecule is CCCCCCCC/C=C\CCCCCCCC(=O)O[C@H](COC(=O)CCCCCCCCCCCCCCC)COP(=O)(O)OC[C@H](O)COP(=O)(O)OC[C@@H](COC(=O)CCCCCCCCCCCCCCC)OC(=O)CCCCCCCCCCCCCCC. The van der Waals surface area contributed by atoms with Crippen LogP contribution in [0.3, 0.4) is 0 Å². The highest BCUT2D eigenvalue weighted by Crippen LogP contribution is 2.45. The normalized spacial score (nSPS) is 14.0. The lowest BCUT2D eigenvalue weighted by atomic mass is 10.0. The summed E-state index contributed by atoms with van der Waals surface area (Å²) in [5, 5.41) is 10.6. The van der Waals surface area contributed by atoms with Gasteiger partial charge in [0.15, 0.2) is 12.2 Å². The Balaban J connectivity index is 5.28. The Labute approximate surface area is 574 Å². The van der Waals surface area contributed by atoms with E-state index in [0.29, 0.717) is 25.7 Å². The number of hydrogen-bond acceptors (Lipinski definition) is 15. The number of carbonyl (C=O) groups is 4. The highest BCUT2D eigenvalue weighted by Gasteiger charge is 2.30. The summed E-state index contributed by atoms with van der Waals surface area (Å²) in [7, 11) is -9.91. The van der Waals surface area contributed by atoms with E-state index in [4.69, 9.17) is 37.0 Å². The van der Waals surface area contributed by atoms with Crippen molar-refractivity contribution in [3.63, 3.8) is 0 Å². The molecule has 0 aliphatic heterocycles. The number of rotatable bonds is 75. The number of unbranched alkanes of at least 4 members (excludes halogenated alkanes) is 47. The molecule has 0 heterocycles. The van der Waals surface area contributed by atoms with E-state index in [-0.39, 0.29) is 25.7 Å². The molecule has 0 aliphatic rings. The largest absolute Gasteiger partial charge is 0.472 e. The monoisotopic (exact) mass is 1380 g/mol. The van der Waals surface area contributed by atoms with Crippen molar-refractivity contribution in [3.05, 3.63) is 12.2 Å². The van der Waals surface area contributed by atoms with Crippen LogP contribution in [0.25, 0.3) is 0 Å². The van der Waals surface area contributed by atoms with Gasteiger partial charge in [0.2, 0.25) is 0 Å². The van der Waals surface area contributed by atoms with E-state index in [2.05, 4.69) is 39.8 Å². The third-order valence-electron chi connectivity index (χ3n) is 17.3. The Hall–Kier alpha value is -2.20. The minimum absolute atomic E-state index is 0.0951. The zero-order valence-corrected chi connectivity index (χ0v) is 62.5. The summed E-state index contributed by atoms with van der Waals surface area (Å²) in [6.07, 6.45) is 60.5. The van der Waals surface area contributed by atoms with Crippen LogP contribution >= 0.6 is 15.6 Å². The summed E-state index contributed by atoms with van der Waals surface area (Å²) >= 11 is 0. The highest BCUT2D eigenvalue weighted by atomic mass is 31.2. The van der Waals surface area contributed by atoms with Gasteiger partial charge in [-0.2, -0.15) is 0 Å². The Bertz CT molecular complexity index is 1840. The molecular weight excluding hydrogens is 1230 g/mol. The van der Waals surface area contributed by atoms with Crippen molar-refractivity contribution in [1.29, 1.82) is 0 Å². The molecule has 94 heavy (non-hydrogen) atoms. The minimum Gasteiger partial charge on any atom is -0.462 e. The first-order valence-electron chi connectivity index (χ1n) is 38.9. The number of phosphoric ester groups is 2. The molecule has 0 aromatic rings. The van der Waals surface area contributed by atoms with Crippen LogP contribution in [0.15, 0.2) is 12.2 Å². The maximum absolute atomic E-state index is 13.1. The first kappa shape index (κ1) is 91.8. The van der Waals surface area contributed by atoms with Crippen molar-refractivity contribution in [3.8, 4) is 0 Å². The van der Waals surface area contributed by atoms with Gasteiger partial charge in [0.25, 0.3) is 0 Å². The number of ether oxygens (including phenoxy) is 4. The lowest BCUT2D eigenvalue weighted by Crippen LogP contribution is -2.30. The number of aliphatic hydroxyl groups is 1. The molecule has 556 valence electrons. The van der Waals surface area contributed by atoms with Crippen LogP contribution in [0.2, 0.25) is 0 Å². The third-order valence-corrected chi connectivity index (χ3v) is 19.2. The van der Waals surface area contributed by atoms with Crippen LogP contribution in [0.4, 0.5) is 0 Å². The Morgan fingerprint density at radius 3 is 0.734 bits per heavy atom. The van der Waals surface area contributed by atoms with Gasteiger partial charge in [-0.05, 0) is 51.4 Å². The summed E-state index contributed by atoms with van der Waals surface area (Å²) in [6, 6.07) is 0. The van der Waals surface area contributed by atoms with Gasteiger partial charge in [0, 0.05) is 25.7 Å². The maximum Gasteiger partial charge on any atom is 0.472 e. The zero-order chi connectivity index (χ0) is 69.0. The molecule has 0 saturated carbocycles. The van der Waals surface area contributed by atoms with Crippen molar-refractivity contribution in [1.82, 2.24) is 0 Å². The number of hydrogen-bond donors (Lipinski definition) is 3. The van der Waals surface area contributed by atoms with Crippen molar-refractivity contribution < 1.29 is 80.2 Å². The molecule has 19 heteroatoms. The van der Waals surface area contributed by atoms with Gasteiger partial charge in [0.05, 0.1) is 26.4 Å². The molecule has 5 atom stereocenters. The first-order chi connectivity index (χ1) is 45.7. The molecule has 0 spiro atoms. The Morgan fingerprint density at radius 2 is 0.489 bits per heavy atom. The fraction of sp³-hybridized carbons (Fsp3) is 0.920. The summed E-state index contributed by atoms with van der Waals surface area (Å²) in [4.78, 5) is 72.8. The van der Waals surface area contributed by atoms with Crippen LogP contribution in [-0.4, -0.2) is 96.7 Å². The standard InChI is InChI=1S/C75H144O17P2/c1-5-9-13-17-21-25-29-33-34-38-42-46-50-54-58-62-75(80)92-71(66-86-73(78)60-56-52-48-44-40-36-31-27-23-19-15-11-7-3)68-90-94(83,84)88-64-69(76)63-87-93(81,82)89-67-70(91-74(79)61-57-53-49-45-41-37-32-28-24-20-16-12-8-4)65-85-72(77)59-55-51-47-43-39-35-30-26-22-18-14-10-6-2/h33-34,69-71,76H,5-32,35-68H2,1-4H3,(H,81,82)(H,83,84)/b34-33-/t69-,70-,71-/m1/s1. The van der Waals surface area contributed by atoms with Gasteiger partial charge >= 0.3 is 39.5 Å². The maximum atomic E-state index is 13.1. The van der Waals surface area contributed by atoms with Crippen molar-refractivity contribution in [2.75, 3.05) is 39.6 Å². The molecule has 0 bridgehead atoms. The first-order valence-corrected chi connectivity index (χ1v) is 41.9. The second kappa shape index (κ2) is 69.3. The fourth-order valence-electron chi connectivity index (χ4n) is 11.3. The predicted molar refractivity (Wildman–Crippen MR) is 382 cm³/mol. The van der Waals surface area contributed by atoms with E-state index >= 15 is 0 Å². The second-order valence-electron chi connectivity index (χ2n) is 26.7. The van der Waals surface area contributed by atoms with Crippen LogP contribution < -0.4 is 0 Å². The quantitative estimate of drug-likeness (QED) is 0.0169. The Morgan fingerprint density at radius 1 is 0.287 bits per heavy atom. The number of carbonyl (C=O) groups excluding carboxylic acids is 4. The average molecular weight is 1380 g/mol. The van der Waals surface area contributed by atoms with E-state index in [1.165, 1.54) is 205 Å². The summed E-state index contributed by atoms with van der Waals surface area (Å²) in [6.45, 7) is 4.96. The van der Waals surface area contributed by atoms with E-state index in [1.807, 2.05) is 0 Å². The summed E-state index contributed by atoms with van der Waals surface area (Å²) < 4.78 is 68.5. The molecule has 17 nitrogen and oxygen atoms in total. The minimum atomic E-state index is -4.96. The number of esters is 4. The van der Waals surface area contributed by atoms with E-state index in [0.717, 1.165) is 103 Å². The van der Waals surface area contributed by atoms with Crippen molar-refractivity contribution >= 4 is 39.5 Å². The van der Waals surface area contributed by atoms with Gasteiger partial charge in [-0.15, -0.1) is 0 Å². The van der Waals surface area contributed by atoms with E-state index < -0.39 is 97.5 Å². The molecular formula is C75H144O17P2. The van der Waals surface area contributed by atoms with Crippen LogP contribution in [-0.2, 0) is 65.4 Å². The average Bonchev–Trinajstić information content (AvgIpc) is 2.26. The van der Waals surface area contributed by atoms with Crippen LogP contribution in [0.1, 0.15) is 387 Å². The van der Waals surface area contributed by atoms with Gasteiger partial charge in [-0.1, -0.05) is 322 Å². The molecule has 0 fully saturated rings. The van der Waals surface area contributed by atoms with Gasteiger partial charge in [-0.3, -0.25) is 37.3 Å². The third kappa shape index (κ3) is 68.3. The van der Waals surface area contributed by atoms with E-state index in [1.54, 1.807) is 0 Å². The molecule has 3 N–H and O–H groups in total. The number of aliphatic hydroxyl groups excluding tert-OH is 1. The fourth-order valence-corrected chi connectivity index (χ4v) is 12.9. The molecule has 0 saturated heterocycles. The topological polar surface area (TPSA) is 237 Å². The lowest BCUT2D eigenvalue weighted by molar-refractivity contribution is -0.161.